The third kappa shape index (κ3) is 7.19. The number of hydrogen-bond donors (Lipinski definition) is 1. The standard InChI is InChI=1S/C18H35NO2/c1-5-6-7-8-9-12-19-18(20)21-17-13-15(4)10-11-16(17)14(2)3/h14-17H,5-13H2,1-4H3,(H,19,20). The highest BCUT2D eigenvalue weighted by atomic mass is 16.6. The summed E-state index contributed by atoms with van der Waals surface area (Å²) in [7, 11) is 0. The van der Waals surface area contributed by atoms with Crippen LogP contribution in [0.4, 0.5) is 4.79 Å². The van der Waals surface area contributed by atoms with Gasteiger partial charge in [-0.15, -0.1) is 0 Å². The molecular formula is C18H35NO2. The van der Waals surface area contributed by atoms with E-state index in [1.54, 1.807) is 0 Å². The highest BCUT2D eigenvalue weighted by molar-refractivity contribution is 5.67. The van der Waals surface area contributed by atoms with Crippen LogP contribution in [0.1, 0.15) is 79.1 Å². The van der Waals surface area contributed by atoms with Crippen LogP contribution in [0, 0.1) is 17.8 Å². The van der Waals surface area contributed by atoms with E-state index in [0.717, 1.165) is 19.4 Å². The van der Waals surface area contributed by atoms with E-state index >= 15 is 0 Å². The van der Waals surface area contributed by atoms with Crippen molar-refractivity contribution in [1.82, 2.24) is 5.32 Å². The SMILES string of the molecule is CCCCCCCNC(=O)OC1CC(C)CCC1C(C)C. The van der Waals surface area contributed by atoms with E-state index in [4.69, 9.17) is 4.74 Å². The van der Waals surface area contributed by atoms with Gasteiger partial charge in [-0.25, -0.2) is 4.79 Å². The number of unbranched alkanes of at least 4 members (excludes halogenated alkanes) is 4. The molecule has 1 N–H and O–H groups in total. The minimum atomic E-state index is -0.213. The Labute approximate surface area is 131 Å². The van der Waals surface area contributed by atoms with E-state index in [1.165, 1.54) is 38.5 Å². The molecule has 0 aromatic heterocycles. The first-order chi connectivity index (χ1) is 10.0. The van der Waals surface area contributed by atoms with Gasteiger partial charge in [-0.1, -0.05) is 59.8 Å². The molecule has 0 aliphatic heterocycles. The molecule has 1 saturated carbocycles. The van der Waals surface area contributed by atoms with E-state index in [0.29, 0.717) is 17.8 Å². The van der Waals surface area contributed by atoms with E-state index in [-0.39, 0.29) is 12.2 Å². The summed E-state index contributed by atoms with van der Waals surface area (Å²) in [5, 5.41) is 2.92. The molecule has 0 saturated heterocycles. The minimum Gasteiger partial charge on any atom is -0.446 e. The normalized spacial score (nSPS) is 25.9. The Kier molecular flexibility index (Phi) is 8.79. The number of ether oxygens (including phenoxy) is 1. The fourth-order valence-electron chi connectivity index (χ4n) is 3.35. The first-order valence-electron chi connectivity index (χ1n) is 8.99. The van der Waals surface area contributed by atoms with Gasteiger partial charge in [0.2, 0.25) is 0 Å². The number of amides is 1. The largest absolute Gasteiger partial charge is 0.446 e. The van der Waals surface area contributed by atoms with Crippen LogP contribution in [0.25, 0.3) is 0 Å². The summed E-state index contributed by atoms with van der Waals surface area (Å²) in [6.07, 6.45) is 9.44. The Morgan fingerprint density at radius 2 is 1.90 bits per heavy atom. The smallest absolute Gasteiger partial charge is 0.407 e. The maximum Gasteiger partial charge on any atom is 0.407 e. The van der Waals surface area contributed by atoms with E-state index in [1.807, 2.05) is 0 Å². The van der Waals surface area contributed by atoms with Crippen molar-refractivity contribution in [3.8, 4) is 0 Å². The molecule has 1 rings (SSSR count). The van der Waals surface area contributed by atoms with Crippen LogP contribution in [0.5, 0.6) is 0 Å². The van der Waals surface area contributed by atoms with Crippen molar-refractivity contribution in [1.29, 1.82) is 0 Å². The topological polar surface area (TPSA) is 38.3 Å². The van der Waals surface area contributed by atoms with Crippen LogP contribution in [0.2, 0.25) is 0 Å². The number of carbonyl (C=O) groups is 1. The molecule has 1 amide bonds. The molecular weight excluding hydrogens is 262 g/mol. The lowest BCUT2D eigenvalue weighted by Crippen LogP contribution is -2.39. The second-order valence-electron chi connectivity index (χ2n) is 7.11. The van der Waals surface area contributed by atoms with E-state index in [2.05, 4.69) is 33.0 Å². The zero-order valence-electron chi connectivity index (χ0n) is 14.5. The number of alkyl carbamates (subject to hydrolysis) is 1. The molecule has 3 unspecified atom stereocenters. The van der Waals surface area contributed by atoms with Crippen molar-refractivity contribution >= 4 is 6.09 Å². The molecule has 1 aliphatic rings. The van der Waals surface area contributed by atoms with Crippen LogP contribution in [0.15, 0.2) is 0 Å². The van der Waals surface area contributed by atoms with Crippen molar-refractivity contribution in [3.05, 3.63) is 0 Å². The Hall–Kier alpha value is -0.730. The molecule has 0 aromatic carbocycles. The molecule has 1 aliphatic carbocycles. The molecule has 0 radical (unpaired) electrons. The number of hydrogen-bond acceptors (Lipinski definition) is 2. The molecule has 0 bridgehead atoms. The molecule has 3 atom stereocenters. The zero-order valence-corrected chi connectivity index (χ0v) is 14.5. The Morgan fingerprint density at radius 3 is 2.57 bits per heavy atom. The van der Waals surface area contributed by atoms with Crippen LogP contribution in [0.3, 0.4) is 0 Å². The molecule has 3 nitrogen and oxygen atoms in total. The average Bonchev–Trinajstić information content (AvgIpc) is 2.42. The molecule has 21 heavy (non-hydrogen) atoms. The van der Waals surface area contributed by atoms with Gasteiger partial charge in [0.15, 0.2) is 0 Å². The van der Waals surface area contributed by atoms with Crippen LogP contribution >= 0.6 is 0 Å². The van der Waals surface area contributed by atoms with Crippen molar-refractivity contribution in [2.45, 2.75) is 85.2 Å². The van der Waals surface area contributed by atoms with Crippen molar-refractivity contribution in [3.63, 3.8) is 0 Å². The summed E-state index contributed by atoms with van der Waals surface area (Å²) in [4.78, 5) is 11.9. The van der Waals surface area contributed by atoms with Crippen molar-refractivity contribution < 1.29 is 9.53 Å². The molecule has 124 valence electrons. The van der Waals surface area contributed by atoms with Crippen LogP contribution < -0.4 is 5.32 Å². The van der Waals surface area contributed by atoms with E-state index < -0.39 is 0 Å². The lowest BCUT2D eigenvalue weighted by molar-refractivity contribution is 0.00622. The van der Waals surface area contributed by atoms with Gasteiger partial charge in [-0.05, 0) is 37.0 Å². The monoisotopic (exact) mass is 297 g/mol. The number of rotatable bonds is 8. The predicted octanol–water partition coefficient (Wildman–Crippen LogP) is 5.14. The quantitative estimate of drug-likeness (QED) is 0.630. The Morgan fingerprint density at radius 1 is 1.19 bits per heavy atom. The third-order valence-corrected chi connectivity index (χ3v) is 4.77. The Balaban J connectivity index is 2.24. The molecule has 3 heteroatoms. The van der Waals surface area contributed by atoms with E-state index in [9.17, 15) is 4.79 Å². The van der Waals surface area contributed by atoms with Crippen LogP contribution in [-0.2, 0) is 4.74 Å². The maximum atomic E-state index is 11.9. The van der Waals surface area contributed by atoms with Gasteiger partial charge in [0.1, 0.15) is 6.10 Å². The highest BCUT2D eigenvalue weighted by Gasteiger charge is 2.33. The number of carbonyl (C=O) groups excluding carboxylic acids is 1. The first kappa shape index (κ1) is 18.3. The predicted molar refractivity (Wildman–Crippen MR) is 88.4 cm³/mol. The zero-order chi connectivity index (χ0) is 15.7. The van der Waals surface area contributed by atoms with Crippen LogP contribution in [-0.4, -0.2) is 18.7 Å². The number of nitrogens with one attached hydrogen (secondary N) is 1. The van der Waals surface area contributed by atoms with Gasteiger partial charge >= 0.3 is 6.09 Å². The van der Waals surface area contributed by atoms with Gasteiger partial charge in [0.25, 0.3) is 0 Å². The molecule has 1 fully saturated rings. The van der Waals surface area contributed by atoms with Gasteiger partial charge in [0.05, 0.1) is 0 Å². The summed E-state index contributed by atoms with van der Waals surface area (Å²) >= 11 is 0. The second-order valence-corrected chi connectivity index (χ2v) is 7.11. The van der Waals surface area contributed by atoms with Crippen molar-refractivity contribution in [2.24, 2.45) is 17.8 Å². The molecule has 0 aromatic rings. The fourth-order valence-corrected chi connectivity index (χ4v) is 3.35. The van der Waals surface area contributed by atoms with Gasteiger partial charge in [-0.2, -0.15) is 0 Å². The maximum absolute atomic E-state index is 11.9. The second kappa shape index (κ2) is 10.1. The molecule has 0 spiro atoms. The lowest BCUT2D eigenvalue weighted by Gasteiger charge is -2.36. The summed E-state index contributed by atoms with van der Waals surface area (Å²) in [5.74, 6) is 1.78. The molecule has 0 heterocycles. The summed E-state index contributed by atoms with van der Waals surface area (Å²) in [5.41, 5.74) is 0. The van der Waals surface area contributed by atoms with Gasteiger partial charge in [0, 0.05) is 6.54 Å². The highest BCUT2D eigenvalue weighted by Crippen LogP contribution is 2.35. The third-order valence-electron chi connectivity index (χ3n) is 4.77. The summed E-state index contributed by atoms with van der Waals surface area (Å²) < 4.78 is 5.71. The van der Waals surface area contributed by atoms with Gasteiger partial charge < -0.3 is 10.1 Å². The average molecular weight is 297 g/mol. The Bertz CT molecular complexity index is 291. The first-order valence-corrected chi connectivity index (χ1v) is 8.99. The lowest BCUT2D eigenvalue weighted by atomic mass is 9.75. The minimum absolute atomic E-state index is 0.105. The summed E-state index contributed by atoms with van der Waals surface area (Å²) in [6.45, 7) is 9.70. The summed E-state index contributed by atoms with van der Waals surface area (Å²) in [6, 6.07) is 0. The van der Waals surface area contributed by atoms with Crippen molar-refractivity contribution in [2.75, 3.05) is 6.54 Å². The van der Waals surface area contributed by atoms with Gasteiger partial charge in [-0.3, -0.25) is 0 Å². The fraction of sp³-hybridized carbons (Fsp3) is 0.944.